The first-order chi connectivity index (χ1) is 9.90. The SMILES string of the molecule is COCCNCCCCCc1ccc2c(c1)OCCO2. The molecule has 1 aliphatic rings. The fraction of sp³-hybridized carbons (Fsp3) is 0.625. The topological polar surface area (TPSA) is 39.7 Å². The van der Waals surface area contributed by atoms with Crippen molar-refractivity contribution >= 4 is 0 Å². The number of fused-ring (bicyclic) bond motifs is 1. The van der Waals surface area contributed by atoms with Crippen molar-refractivity contribution in [2.45, 2.75) is 25.7 Å². The lowest BCUT2D eigenvalue weighted by molar-refractivity contribution is 0.171. The molecule has 1 heterocycles. The molecular weight excluding hydrogens is 254 g/mol. The Morgan fingerprint density at radius 2 is 1.90 bits per heavy atom. The first-order valence-corrected chi connectivity index (χ1v) is 7.48. The van der Waals surface area contributed by atoms with Gasteiger partial charge in [-0.2, -0.15) is 0 Å². The molecule has 112 valence electrons. The van der Waals surface area contributed by atoms with Gasteiger partial charge in [-0.1, -0.05) is 12.5 Å². The molecule has 2 rings (SSSR count). The molecule has 20 heavy (non-hydrogen) atoms. The van der Waals surface area contributed by atoms with Crippen molar-refractivity contribution in [2.24, 2.45) is 0 Å². The molecule has 4 nitrogen and oxygen atoms in total. The highest BCUT2D eigenvalue weighted by Crippen LogP contribution is 2.31. The molecule has 0 spiro atoms. The monoisotopic (exact) mass is 279 g/mol. The van der Waals surface area contributed by atoms with Crippen LogP contribution in [0.25, 0.3) is 0 Å². The first kappa shape index (κ1) is 15.1. The molecule has 0 saturated heterocycles. The molecule has 1 aromatic rings. The van der Waals surface area contributed by atoms with Gasteiger partial charge in [0.05, 0.1) is 6.61 Å². The van der Waals surface area contributed by atoms with Crippen LogP contribution >= 0.6 is 0 Å². The predicted molar refractivity (Wildman–Crippen MR) is 79.7 cm³/mol. The summed E-state index contributed by atoms with van der Waals surface area (Å²) in [6.45, 7) is 4.12. The molecule has 1 aliphatic heterocycles. The van der Waals surface area contributed by atoms with Gasteiger partial charge in [0, 0.05) is 13.7 Å². The van der Waals surface area contributed by atoms with E-state index in [1.54, 1.807) is 7.11 Å². The number of benzene rings is 1. The van der Waals surface area contributed by atoms with Crippen LogP contribution in [0.3, 0.4) is 0 Å². The Morgan fingerprint density at radius 3 is 2.75 bits per heavy atom. The second-order valence-corrected chi connectivity index (χ2v) is 5.03. The van der Waals surface area contributed by atoms with Gasteiger partial charge in [0.15, 0.2) is 11.5 Å². The molecule has 0 radical (unpaired) electrons. The molecule has 0 atom stereocenters. The van der Waals surface area contributed by atoms with E-state index in [4.69, 9.17) is 14.2 Å². The summed E-state index contributed by atoms with van der Waals surface area (Å²) >= 11 is 0. The normalized spacial score (nSPS) is 13.4. The van der Waals surface area contributed by atoms with Crippen LogP contribution in [0.4, 0.5) is 0 Å². The molecule has 1 N–H and O–H groups in total. The van der Waals surface area contributed by atoms with Gasteiger partial charge in [-0.05, 0) is 43.5 Å². The average molecular weight is 279 g/mol. The lowest BCUT2D eigenvalue weighted by atomic mass is 10.1. The smallest absolute Gasteiger partial charge is 0.161 e. The first-order valence-electron chi connectivity index (χ1n) is 7.48. The molecule has 0 aromatic heterocycles. The van der Waals surface area contributed by atoms with Crippen molar-refractivity contribution in [3.05, 3.63) is 23.8 Å². The van der Waals surface area contributed by atoms with Gasteiger partial charge >= 0.3 is 0 Å². The zero-order valence-electron chi connectivity index (χ0n) is 12.3. The Bertz CT molecular complexity index is 395. The van der Waals surface area contributed by atoms with E-state index in [0.29, 0.717) is 13.2 Å². The fourth-order valence-corrected chi connectivity index (χ4v) is 2.30. The van der Waals surface area contributed by atoms with Crippen LogP contribution in [0.5, 0.6) is 11.5 Å². The van der Waals surface area contributed by atoms with E-state index in [0.717, 1.165) is 37.6 Å². The summed E-state index contributed by atoms with van der Waals surface area (Å²) in [6.07, 6.45) is 4.78. The summed E-state index contributed by atoms with van der Waals surface area (Å²) in [5.41, 5.74) is 1.33. The van der Waals surface area contributed by atoms with Crippen LogP contribution in [-0.2, 0) is 11.2 Å². The van der Waals surface area contributed by atoms with Crippen molar-refractivity contribution < 1.29 is 14.2 Å². The van der Waals surface area contributed by atoms with Crippen LogP contribution in [0.1, 0.15) is 24.8 Å². The highest BCUT2D eigenvalue weighted by molar-refractivity contribution is 5.43. The Kier molecular flexibility index (Phi) is 6.68. The zero-order valence-corrected chi connectivity index (χ0v) is 12.3. The van der Waals surface area contributed by atoms with Gasteiger partial charge in [0.1, 0.15) is 13.2 Å². The number of hydrogen-bond acceptors (Lipinski definition) is 4. The summed E-state index contributed by atoms with van der Waals surface area (Å²) in [5.74, 6) is 1.78. The minimum Gasteiger partial charge on any atom is -0.486 e. The minimum atomic E-state index is 0.655. The molecule has 0 saturated carbocycles. The summed E-state index contributed by atoms with van der Waals surface area (Å²) < 4.78 is 16.1. The third-order valence-corrected chi connectivity index (χ3v) is 3.41. The Morgan fingerprint density at radius 1 is 1.05 bits per heavy atom. The zero-order chi connectivity index (χ0) is 14.0. The second-order valence-electron chi connectivity index (χ2n) is 5.03. The lowest BCUT2D eigenvalue weighted by Crippen LogP contribution is -2.20. The highest BCUT2D eigenvalue weighted by Gasteiger charge is 2.11. The van der Waals surface area contributed by atoms with Gasteiger partial charge in [-0.3, -0.25) is 0 Å². The minimum absolute atomic E-state index is 0.655. The fourth-order valence-electron chi connectivity index (χ4n) is 2.30. The number of ether oxygens (including phenoxy) is 3. The number of methoxy groups -OCH3 is 1. The maximum absolute atomic E-state index is 5.60. The van der Waals surface area contributed by atoms with Gasteiger partial charge < -0.3 is 19.5 Å². The van der Waals surface area contributed by atoms with E-state index in [-0.39, 0.29) is 0 Å². The molecule has 1 aromatic carbocycles. The summed E-state index contributed by atoms with van der Waals surface area (Å²) in [5, 5.41) is 3.36. The molecule has 4 heteroatoms. The molecule has 0 aliphatic carbocycles. The van der Waals surface area contributed by atoms with E-state index in [1.807, 2.05) is 6.07 Å². The maximum atomic E-state index is 5.60. The van der Waals surface area contributed by atoms with Crippen molar-refractivity contribution in [3.8, 4) is 11.5 Å². The van der Waals surface area contributed by atoms with E-state index in [9.17, 15) is 0 Å². The summed E-state index contributed by atoms with van der Waals surface area (Å²) in [7, 11) is 1.73. The van der Waals surface area contributed by atoms with E-state index in [1.165, 1.54) is 24.8 Å². The summed E-state index contributed by atoms with van der Waals surface area (Å²) in [4.78, 5) is 0. The highest BCUT2D eigenvalue weighted by atomic mass is 16.6. The summed E-state index contributed by atoms with van der Waals surface area (Å²) in [6, 6.07) is 6.28. The number of aryl methyl sites for hydroxylation is 1. The van der Waals surface area contributed by atoms with Crippen LogP contribution in [0.2, 0.25) is 0 Å². The quantitative estimate of drug-likeness (QED) is 0.705. The molecule has 0 fully saturated rings. The molecule has 0 unspecified atom stereocenters. The van der Waals surface area contributed by atoms with Crippen molar-refractivity contribution in [1.29, 1.82) is 0 Å². The second kappa shape index (κ2) is 8.82. The average Bonchev–Trinajstić information content (AvgIpc) is 2.50. The molecular formula is C16H25NO3. The van der Waals surface area contributed by atoms with Gasteiger partial charge in [0.25, 0.3) is 0 Å². The van der Waals surface area contributed by atoms with E-state index >= 15 is 0 Å². The van der Waals surface area contributed by atoms with E-state index < -0.39 is 0 Å². The van der Waals surface area contributed by atoms with Crippen LogP contribution < -0.4 is 14.8 Å². The largest absolute Gasteiger partial charge is 0.486 e. The Labute approximate surface area is 121 Å². The lowest BCUT2D eigenvalue weighted by Gasteiger charge is -2.18. The standard InChI is InChI=1S/C16H25NO3/c1-18-10-9-17-8-4-2-3-5-14-6-7-15-16(13-14)20-12-11-19-15/h6-7,13,17H,2-5,8-12H2,1H3. The van der Waals surface area contributed by atoms with E-state index in [2.05, 4.69) is 17.4 Å². The Hall–Kier alpha value is -1.26. The molecule has 0 bridgehead atoms. The van der Waals surface area contributed by atoms with Crippen molar-refractivity contribution in [3.63, 3.8) is 0 Å². The van der Waals surface area contributed by atoms with Crippen molar-refractivity contribution in [2.75, 3.05) is 40.0 Å². The Balaban J connectivity index is 1.60. The number of rotatable bonds is 9. The predicted octanol–water partition coefficient (Wildman–Crippen LogP) is 2.41. The number of hydrogen-bond donors (Lipinski definition) is 1. The number of nitrogens with one attached hydrogen (secondary N) is 1. The molecule has 0 amide bonds. The third kappa shape index (κ3) is 5.02. The van der Waals surface area contributed by atoms with Crippen molar-refractivity contribution in [1.82, 2.24) is 5.32 Å². The van der Waals surface area contributed by atoms with Gasteiger partial charge in [-0.15, -0.1) is 0 Å². The maximum Gasteiger partial charge on any atom is 0.161 e. The number of unbranched alkanes of at least 4 members (excludes halogenated alkanes) is 2. The van der Waals surface area contributed by atoms with Crippen LogP contribution in [0, 0.1) is 0 Å². The van der Waals surface area contributed by atoms with Gasteiger partial charge in [0.2, 0.25) is 0 Å². The van der Waals surface area contributed by atoms with Crippen LogP contribution in [0.15, 0.2) is 18.2 Å². The van der Waals surface area contributed by atoms with Crippen LogP contribution in [-0.4, -0.2) is 40.0 Å². The third-order valence-electron chi connectivity index (χ3n) is 3.41. The van der Waals surface area contributed by atoms with Gasteiger partial charge in [-0.25, -0.2) is 0 Å².